The van der Waals surface area contributed by atoms with Crippen molar-refractivity contribution in [3.63, 3.8) is 0 Å². The molecule has 0 aliphatic heterocycles. The Hall–Kier alpha value is -1.32. The lowest BCUT2D eigenvalue weighted by Gasteiger charge is -2.05. The van der Waals surface area contributed by atoms with Crippen LogP contribution in [0.5, 0.6) is 0 Å². The van der Waals surface area contributed by atoms with Gasteiger partial charge in [0.1, 0.15) is 0 Å². The Labute approximate surface area is 93.7 Å². The maximum absolute atomic E-state index is 5.54. The molecule has 0 saturated carbocycles. The van der Waals surface area contributed by atoms with E-state index >= 15 is 0 Å². The zero-order chi connectivity index (χ0) is 10.7. The molecule has 0 spiro atoms. The van der Waals surface area contributed by atoms with Crippen LogP contribution in [0.4, 0.5) is 0 Å². The summed E-state index contributed by atoms with van der Waals surface area (Å²) in [5, 5.41) is 5.54. The highest BCUT2D eigenvalue weighted by atomic mass is 32.2. The number of aromatic nitrogens is 1. The maximum atomic E-state index is 5.54. The van der Waals surface area contributed by atoms with Crippen LogP contribution in [-0.4, -0.2) is 4.98 Å². The molecule has 2 rings (SSSR count). The maximum Gasteiger partial charge on any atom is 0.0450 e. The average molecular weight is 216 g/mol. The zero-order valence-electron chi connectivity index (χ0n) is 8.47. The molecule has 3 heteroatoms. The van der Waals surface area contributed by atoms with Gasteiger partial charge in [-0.15, -0.1) is 0 Å². The molecule has 0 atom stereocenters. The summed E-state index contributed by atoms with van der Waals surface area (Å²) in [7, 11) is 0. The van der Waals surface area contributed by atoms with Crippen LogP contribution in [0.3, 0.4) is 0 Å². The molecule has 15 heavy (non-hydrogen) atoms. The Kier molecular flexibility index (Phi) is 3.04. The Balaban J connectivity index is 2.49. The van der Waals surface area contributed by atoms with Crippen LogP contribution in [0.15, 0.2) is 47.5 Å². The number of pyridine rings is 1. The van der Waals surface area contributed by atoms with Gasteiger partial charge in [-0.1, -0.05) is 18.2 Å². The van der Waals surface area contributed by atoms with Crippen molar-refractivity contribution in [2.24, 2.45) is 5.14 Å². The Morgan fingerprint density at radius 1 is 1.20 bits per heavy atom. The quantitative estimate of drug-likeness (QED) is 0.784. The standard InChI is InChI=1S/C12H12N2S/c1-9-12(6-3-7-14-9)10-4-2-5-11(8-10)15-13/h2-8H,13H2,1H3. The Morgan fingerprint density at radius 3 is 2.80 bits per heavy atom. The first-order valence-electron chi connectivity index (χ1n) is 4.70. The van der Waals surface area contributed by atoms with E-state index in [0.29, 0.717) is 0 Å². The van der Waals surface area contributed by atoms with Gasteiger partial charge in [-0.05, 0) is 42.6 Å². The molecule has 76 valence electrons. The third-order valence-electron chi connectivity index (χ3n) is 2.29. The summed E-state index contributed by atoms with van der Waals surface area (Å²) in [6, 6.07) is 12.2. The van der Waals surface area contributed by atoms with Crippen molar-refractivity contribution in [3.8, 4) is 11.1 Å². The molecule has 0 amide bonds. The highest BCUT2D eigenvalue weighted by Crippen LogP contribution is 2.24. The zero-order valence-corrected chi connectivity index (χ0v) is 9.29. The molecule has 1 aromatic heterocycles. The molecule has 0 fully saturated rings. The first-order valence-corrected chi connectivity index (χ1v) is 5.58. The minimum atomic E-state index is 1.04. The van der Waals surface area contributed by atoms with Crippen molar-refractivity contribution in [2.75, 3.05) is 0 Å². The van der Waals surface area contributed by atoms with Crippen LogP contribution in [0.2, 0.25) is 0 Å². The number of hydrogen-bond donors (Lipinski definition) is 1. The topological polar surface area (TPSA) is 38.9 Å². The van der Waals surface area contributed by atoms with E-state index in [4.69, 9.17) is 5.14 Å². The summed E-state index contributed by atoms with van der Waals surface area (Å²) in [5.74, 6) is 0. The minimum Gasteiger partial charge on any atom is -0.274 e. The minimum absolute atomic E-state index is 1.04. The van der Waals surface area contributed by atoms with E-state index < -0.39 is 0 Å². The average Bonchev–Trinajstić information content (AvgIpc) is 2.30. The summed E-state index contributed by atoms with van der Waals surface area (Å²) in [4.78, 5) is 5.34. The monoisotopic (exact) mass is 216 g/mol. The predicted octanol–water partition coefficient (Wildman–Crippen LogP) is 3.02. The first kappa shape index (κ1) is 10.2. The predicted molar refractivity (Wildman–Crippen MR) is 64.5 cm³/mol. The van der Waals surface area contributed by atoms with Gasteiger partial charge in [-0.3, -0.25) is 10.1 Å². The first-order chi connectivity index (χ1) is 7.31. The lowest BCUT2D eigenvalue weighted by atomic mass is 10.1. The van der Waals surface area contributed by atoms with Crippen molar-refractivity contribution in [2.45, 2.75) is 11.8 Å². The van der Waals surface area contributed by atoms with Crippen LogP contribution < -0.4 is 5.14 Å². The van der Waals surface area contributed by atoms with Crippen molar-refractivity contribution in [1.29, 1.82) is 0 Å². The van der Waals surface area contributed by atoms with Crippen molar-refractivity contribution in [1.82, 2.24) is 4.98 Å². The number of hydrogen-bond acceptors (Lipinski definition) is 3. The SMILES string of the molecule is Cc1ncccc1-c1cccc(SN)c1. The second-order valence-electron chi connectivity index (χ2n) is 3.28. The number of benzene rings is 1. The highest BCUT2D eigenvalue weighted by molar-refractivity contribution is 7.97. The van der Waals surface area contributed by atoms with Gasteiger partial charge in [-0.25, -0.2) is 0 Å². The fourth-order valence-electron chi connectivity index (χ4n) is 1.53. The van der Waals surface area contributed by atoms with Gasteiger partial charge in [0.25, 0.3) is 0 Å². The fourth-order valence-corrected chi connectivity index (χ4v) is 1.88. The number of nitrogens with zero attached hydrogens (tertiary/aromatic N) is 1. The molecule has 0 unspecified atom stereocenters. The molecule has 2 N–H and O–H groups in total. The summed E-state index contributed by atoms with van der Waals surface area (Å²) in [5.41, 5.74) is 3.36. The van der Waals surface area contributed by atoms with E-state index in [0.717, 1.165) is 21.7 Å². The summed E-state index contributed by atoms with van der Waals surface area (Å²) in [6.07, 6.45) is 1.81. The molecule has 0 radical (unpaired) electrons. The lowest BCUT2D eigenvalue weighted by Crippen LogP contribution is -1.87. The van der Waals surface area contributed by atoms with Gasteiger partial charge in [0.05, 0.1) is 0 Å². The molecule has 1 aromatic carbocycles. The van der Waals surface area contributed by atoms with Crippen LogP contribution in [-0.2, 0) is 0 Å². The summed E-state index contributed by atoms with van der Waals surface area (Å²) in [6.45, 7) is 2.01. The molecule has 0 saturated heterocycles. The van der Waals surface area contributed by atoms with Crippen LogP contribution >= 0.6 is 11.9 Å². The van der Waals surface area contributed by atoms with Crippen molar-refractivity contribution >= 4 is 11.9 Å². The molecule has 2 nitrogen and oxygen atoms in total. The van der Waals surface area contributed by atoms with Crippen LogP contribution in [0, 0.1) is 6.92 Å². The van der Waals surface area contributed by atoms with Crippen LogP contribution in [0.1, 0.15) is 5.69 Å². The fraction of sp³-hybridized carbons (Fsp3) is 0.0833. The van der Waals surface area contributed by atoms with Gasteiger partial charge >= 0.3 is 0 Å². The normalized spacial score (nSPS) is 10.3. The van der Waals surface area contributed by atoms with Crippen LogP contribution in [0.25, 0.3) is 11.1 Å². The van der Waals surface area contributed by atoms with E-state index in [1.807, 2.05) is 25.1 Å². The van der Waals surface area contributed by atoms with Crippen molar-refractivity contribution < 1.29 is 0 Å². The molecule has 0 aliphatic carbocycles. The Morgan fingerprint density at radius 2 is 2.07 bits per heavy atom. The van der Waals surface area contributed by atoms with E-state index in [-0.39, 0.29) is 0 Å². The molecular formula is C12H12N2S. The smallest absolute Gasteiger partial charge is 0.0450 e. The number of rotatable bonds is 2. The molecular weight excluding hydrogens is 204 g/mol. The van der Waals surface area contributed by atoms with E-state index in [1.54, 1.807) is 6.20 Å². The second kappa shape index (κ2) is 4.47. The molecule has 1 heterocycles. The van der Waals surface area contributed by atoms with E-state index in [1.165, 1.54) is 11.9 Å². The van der Waals surface area contributed by atoms with E-state index in [9.17, 15) is 0 Å². The lowest BCUT2D eigenvalue weighted by molar-refractivity contribution is 1.20. The summed E-state index contributed by atoms with van der Waals surface area (Å²) < 4.78 is 0. The van der Waals surface area contributed by atoms with Crippen molar-refractivity contribution in [3.05, 3.63) is 48.3 Å². The third kappa shape index (κ3) is 2.19. The third-order valence-corrected chi connectivity index (χ3v) is 2.81. The highest BCUT2D eigenvalue weighted by Gasteiger charge is 2.02. The Bertz CT molecular complexity index is 469. The van der Waals surface area contributed by atoms with Gasteiger partial charge in [-0.2, -0.15) is 0 Å². The van der Waals surface area contributed by atoms with Gasteiger partial charge in [0.2, 0.25) is 0 Å². The second-order valence-corrected chi connectivity index (χ2v) is 3.99. The number of nitrogens with two attached hydrogens (primary N) is 1. The molecule has 0 bridgehead atoms. The largest absolute Gasteiger partial charge is 0.274 e. The van der Waals surface area contributed by atoms with E-state index in [2.05, 4.69) is 23.2 Å². The summed E-state index contributed by atoms with van der Waals surface area (Å²) >= 11 is 1.26. The number of aryl methyl sites for hydroxylation is 1. The molecule has 0 aliphatic rings. The van der Waals surface area contributed by atoms with Gasteiger partial charge in [0, 0.05) is 22.3 Å². The van der Waals surface area contributed by atoms with Gasteiger partial charge < -0.3 is 0 Å². The van der Waals surface area contributed by atoms with Gasteiger partial charge in [0.15, 0.2) is 0 Å². The molecule has 2 aromatic rings.